The zero-order valence-corrected chi connectivity index (χ0v) is 27.6. The molecule has 2 N–H and O–H groups in total. The van der Waals surface area contributed by atoms with Crippen molar-refractivity contribution in [3.8, 4) is 11.5 Å². The largest absolute Gasteiger partial charge is 1.00 e. The number of para-hydroxylation sites is 2. The normalized spacial score (nSPS) is 17.1. The summed E-state index contributed by atoms with van der Waals surface area (Å²) in [5.74, 6) is 0.425. The second-order valence-electron chi connectivity index (χ2n) is 9.97. The van der Waals surface area contributed by atoms with E-state index < -0.39 is 0 Å². The molecule has 2 fully saturated rings. The Hall–Kier alpha value is -2.20. The number of rotatable bonds is 4. The van der Waals surface area contributed by atoms with E-state index in [-0.39, 0.29) is 45.6 Å². The summed E-state index contributed by atoms with van der Waals surface area (Å²) in [6.45, 7) is 7.51. The summed E-state index contributed by atoms with van der Waals surface area (Å²) in [7, 11) is 0. The van der Waals surface area contributed by atoms with Crippen molar-refractivity contribution in [2.24, 2.45) is 20.4 Å². The molecule has 0 aliphatic carbocycles. The molecule has 2 aromatic rings. The molecule has 0 bridgehead atoms. The smallest absolute Gasteiger partial charge is 0.741 e. The van der Waals surface area contributed by atoms with E-state index in [9.17, 15) is 10.2 Å². The Morgan fingerprint density at radius 2 is 0.857 bits per heavy atom. The van der Waals surface area contributed by atoms with Crippen LogP contribution in [0.1, 0.15) is 76.3 Å². The first kappa shape index (κ1) is 37.8. The first-order valence-corrected chi connectivity index (χ1v) is 14.8. The fraction of sp³-hybridized carbons (Fsp3) is 0.467. The summed E-state index contributed by atoms with van der Waals surface area (Å²) in [6, 6.07) is 14.2. The van der Waals surface area contributed by atoms with Gasteiger partial charge < -0.3 is 45.3 Å². The van der Waals surface area contributed by atoms with Gasteiger partial charge in [-0.05, 0) is 63.8 Å². The Balaban J connectivity index is 0.000000401. The molecular weight excluding hydrogens is 668 g/mol. The molecule has 4 rings (SSSR count). The van der Waals surface area contributed by atoms with Crippen molar-refractivity contribution in [2.45, 2.75) is 65.2 Å². The van der Waals surface area contributed by atoms with Crippen LogP contribution in [-0.4, -0.2) is 68.0 Å². The summed E-state index contributed by atoms with van der Waals surface area (Å²) < 4.78 is 0. The third kappa shape index (κ3) is 12.6. The summed E-state index contributed by atoms with van der Waals surface area (Å²) in [5, 5.41) is 37.2. The van der Waals surface area contributed by atoms with E-state index in [0.29, 0.717) is 32.9 Å². The topological polar surface area (TPSA) is 96.4 Å². The minimum Gasteiger partial charge on any atom is -0.741 e. The Kier molecular flexibility index (Phi) is 18.6. The van der Waals surface area contributed by atoms with E-state index in [0.717, 1.165) is 51.9 Å². The van der Waals surface area contributed by atoms with Gasteiger partial charge in [-0.1, -0.05) is 49.9 Å². The van der Waals surface area contributed by atoms with E-state index in [2.05, 4.69) is 30.2 Å². The number of benzene rings is 2. The molecule has 0 spiro atoms. The van der Waals surface area contributed by atoms with Crippen LogP contribution in [-0.2, 0) is 59.4 Å². The van der Waals surface area contributed by atoms with Gasteiger partial charge >= 0.3 is 34.1 Å². The summed E-state index contributed by atoms with van der Waals surface area (Å²) in [6.07, 6.45) is 9.71. The van der Waals surface area contributed by atoms with Gasteiger partial charge in [0.25, 0.3) is 0 Å². The number of nitrogens with zero attached hydrogens (tertiary/aromatic N) is 6. The number of aromatic hydroxyl groups is 2. The Morgan fingerprint density at radius 1 is 0.548 bits per heavy atom. The van der Waals surface area contributed by atoms with Crippen LogP contribution in [0, 0.1) is 0 Å². The van der Waals surface area contributed by atoms with Gasteiger partial charge in [-0.15, -0.1) is 0 Å². The summed E-state index contributed by atoms with van der Waals surface area (Å²) in [4.78, 5) is 4.23. The van der Waals surface area contributed by atoms with Gasteiger partial charge in [0, 0.05) is 47.6 Å². The van der Waals surface area contributed by atoms with E-state index in [1.807, 2.05) is 38.1 Å². The first-order chi connectivity index (χ1) is 19.4. The molecule has 12 heteroatoms. The Labute approximate surface area is 282 Å². The number of amidine groups is 2. The molecule has 236 valence electrons. The van der Waals surface area contributed by atoms with Gasteiger partial charge in [0.2, 0.25) is 0 Å². The first-order valence-electron chi connectivity index (χ1n) is 14.0. The molecule has 0 unspecified atom stereocenters. The number of likely N-dealkylation sites (tertiary alicyclic amines) is 2. The molecule has 0 amide bonds. The summed E-state index contributed by atoms with van der Waals surface area (Å²) >= 11 is 10.7. The molecule has 42 heavy (non-hydrogen) atoms. The van der Waals surface area contributed by atoms with Gasteiger partial charge in [-0.2, -0.15) is 20.4 Å². The van der Waals surface area contributed by atoms with Crippen LogP contribution < -0.4 is 0 Å². The fourth-order valence-electron chi connectivity index (χ4n) is 4.55. The van der Waals surface area contributed by atoms with Crippen molar-refractivity contribution in [3.63, 3.8) is 0 Å². The number of hydrogen-bond acceptors (Lipinski definition) is 8. The van der Waals surface area contributed by atoms with Crippen LogP contribution in [0.15, 0.2) is 68.9 Å². The minimum absolute atomic E-state index is 0. The molecule has 2 heterocycles. The Morgan fingerprint density at radius 3 is 1.17 bits per heavy atom. The van der Waals surface area contributed by atoms with Crippen LogP contribution in [0.25, 0.3) is 0 Å². The van der Waals surface area contributed by atoms with Crippen molar-refractivity contribution >= 4 is 47.0 Å². The predicted octanol–water partition coefficient (Wildman–Crippen LogP) is 5.79. The molecule has 0 aromatic heterocycles. The third-order valence-corrected chi connectivity index (χ3v) is 7.59. The molecule has 8 nitrogen and oxygen atoms in total. The second-order valence-corrected chi connectivity index (χ2v) is 10.7. The number of hydrogen-bond donors (Lipinski definition) is 2. The summed E-state index contributed by atoms with van der Waals surface area (Å²) in [5.41, 5.74) is 2.71. The van der Waals surface area contributed by atoms with Crippen LogP contribution in [0.4, 0.5) is 0 Å². The zero-order valence-electron chi connectivity index (χ0n) is 24.1. The van der Waals surface area contributed by atoms with E-state index in [1.54, 1.807) is 24.3 Å². The maximum absolute atomic E-state index is 9.77. The van der Waals surface area contributed by atoms with Gasteiger partial charge in [0.15, 0.2) is 0 Å². The number of phenols is 2. The van der Waals surface area contributed by atoms with Crippen LogP contribution in [0.5, 0.6) is 11.5 Å². The van der Waals surface area contributed by atoms with Crippen molar-refractivity contribution in [2.75, 3.05) is 26.2 Å². The quantitative estimate of drug-likeness (QED) is 0.138. The SMILES string of the molecule is C/C(=N\N=C(/[S-])N1CCCCCC1)c1ccccc1O.C/C(=N\N=C(/[S-])N1CCCCCC1)c1ccccc1O.[Cu+].[Cu+]. The zero-order chi connectivity index (χ0) is 28.7. The van der Waals surface area contributed by atoms with Crippen molar-refractivity contribution in [1.29, 1.82) is 0 Å². The van der Waals surface area contributed by atoms with Crippen molar-refractivity contribution in [3.05, 3.63) is 59.7 Å². The van der Waals surface area contributed by atoms with E-state index in [4.69, 9.17) is 25.3 Å². The third-order valence-electron chi connectivity index (χ3n) is 6.91. The molecule has 0 saturated carbocycles. The van der Waals surface area contributed by atoms with E-state index >= 15 is 0 Å². The van der Waals surface area contributed by atoms with E-state index in [1.165, 1.54) is 25.7 Å². The molecule has 2 aliphatic rings. The van der Waals surface area contributed by atoms with Crippen LogP contribution in [0.2, 0.25) is 0 Å². The molecule has 2 aromatic carbocycles. The maximum atomic E-state index is 9.77. The molecule has 0 atom stereocenters. The standard InChI is InChI=1S/2C15H21N3OS.2Cu/c2*1-12(13-8-4-5-9-14(13)19)16-17-15(20)18-10-6-2-3-7-11-18;;/h2*4-5,8-9,19H,2-3,6-7,10-11H2,1H3,(H,17,20);;/q;;2*+1/p-2/b2*16-12+;;. The maximum Gasteiger partial charge on any atom is 1.00 e. The van der Waals surface area contributed by atoms with Crippen LogP contribution >= 0.6 is 0 Å². The molecular formula is C30H40Cu2N6O2S2. The molecule has 0 radical (unpaired) electrons. The number of phenolic OH excluding ortho intramolecular Hbond substituents is 2. The molecule has 2 aliphatic heterocycles. The fourth-order valence-corrected chi connectivity index (χ4v) is 5.00. The second kappa shape index (κ2) is 20.7. The van der Waals surface area contributed by atoms with Crippen LogP contribution in [0.3, 0.4) is 0 Å². The van der Waals surface area contributed by atoms with Gasteiger partial charge in [0.05, 0.1) is 11.4 Å². The molecule has 2 saturated heterocycles. The van der Waals surface area contributed by atoms with Gasteiger partial charge in [-0.3, -0.25) is 0 Å². The average Bonchev–Trinajstić information content (AvgIpc) is 3.41. The minimum atomic E-state index is 0. The van der Waals surface area contributed by atoms with Gasteiger partial charge in [-0.25, -0.2) is 0 Å². The Bertz CT molecular complexity index is 1120. The van der Waals surface area contributed by atoms with Gasteiger partial charge in [0.1, 0.15) is 11.5 Å². The average molecular weight is 708 g/mol. The van der Waals surface area contributed by atoms with Crippen molar-refractivity contribution < 1.29 is 44.4 Å². The monoisotopic (exact) mass is 706 g/mol. The van der Waals surface area contributed by atoms with Crippen molar-refractivity contribution in [1.82, 2.24) is 9.80 Å². The predicted molar refractivity (Wildman–Crippen MR) is 170 cm³/mol.